The zero-order valence-corrected chi connectivity index (χ0v) is 29.0. The van der Waals surface area contributed by atoms with Gasteiger partial charge in [-0.1, -0.05) is 26.0 Å². The average molecular weight is 708 g/mol. The maximum Gasteiger partial charge on any atom is 0.407 e. The summed E-state index contributed by atoms with van der Waals surface area (Å²) in [5, 5.41) is 14.5. The van der Waals surface area contributed by atoms with Gasteiger partial charge in [0, 0.05) is 43.9 Å². The summed E-state index contributed by atoms with van der Waals surface area (Å²) < 4.78 is 62.7. The van der Waals surface area contributed by atoms with Crippen molar-refractivity contribution in [2.45, 2.75) is 56.1 Å². The zero-order chi connectivity index (χ0) is 33.7. The van der Waals surface area contributed by atoms with Crippen LogP contribution >= 0.6 is 11.8 Å². The maximum atomic E-state index is 13.9. The summed E-state index contributed by atoms with van der Waals surface area (Å²) in [7, 11) is -4.05. The van der Waals surface area contributed by atoms with Crippen molar-refractivity contribution >= 4 is 27.9 Å². The maximum absolute atomic E-state index is 13.9. The monoisotopic (exact) mass is 707 g/mol. The molecule has 48 heavy (non-hydrogen) atoms. The largest absolute Gasteiger partial charge is 0.492 e. The summed E-state index contributed by atoms with van der Waals surface area (Å²) in [4.78, 5) is 15.6. The molecule has 2 aromatic carbocycles. The second-order valence-electron chi connectivity index (χ2n) is 12.9. The van der Waals surface area contributed by atoms with Crippen LogP contribution in [-0.2, 0) is 30.7 Å². The van der Waals surface area contributed by atoms with Crippen molar-refractivity contribution in [2.24, 2.45) is 11.8 Å². The summed E-state index contributed by atoms with van der Waals surface area (Å²) >= 11 is 1.92. The highest BCUT2D eigenvalue weighted by molar-refractivity contribution is 7.99. The molecule has 5 atom stereocenters. The number of fused-ring (bicyclic) bond motifs is 2. The number of sulfonamides is 1. The molecule has 0 radical (unpaired) electrons. The van der Waals surface area contributed by atoms with Crippen LogP contribution in [0.3, 0.4) is 0 Å². The van der Waals surface area contributed by atoms with Gasteiger partial charge in [0.05, 0.1) is 36.2 Å². The number of benzene rings is 2. The lowest BCUT2D eigenvalue weighted by atomic mass is 10.0. The quantitative estimate of drug-likeness (QED) is 0.281. The summed E-state index contributed by atoms with van der Waals surface area (Å²) in [5.74, 6) is 3.61. The Kier molecular flexibility index (Phi) is 11.6. The summed E-state index contributed by atoms with van der Waals surface area (Å²) in [6.45, 7) is 6.98. The molecule has 13 nitrogen and oxygen atoms in total. The summed E-state index contributed by atoms with van der Waals surface area (Å²) in [6, 6.07) is 11.1. The third-order valence-electron chi connectivity index (χ3n) is 8.83. The number of aliphatic hydroxyl groups is 1. The lowest BCUT2D eigenvalue weighted by molar-refractivity contribution is -0.0907. The van der Waals surface area contributed by atoms with Gasteiger partial charge >= 0.3 is 6.09 Å². The molecule has 15 heteroatoms. The molecule has 1 amide bonds. The van der Waals surface area contributed by atoms with Crippen molar-refractivity contribution in [3.8, 4) is 17.2 Å². The number of ether oxygens (including phenoxy) is 6. The average Bonchev–Trinajstić information content (AvgIpc) is 3.88. The van der Waals surface area contributed by atoms with E-state index in [0.717, 1.165) is 42.5 Å². The van der Waals surface area contributed by atoms with E-state index < -0.39 is 34.4 Å². The Morgan fingerprint density at radius 2 is 1.94 bits per heavy atom. The molecule has 264 valence electrons. The first-order valence-corrected chi connectivity index (χ1v) is 19.1. The Morgan fingerprint density at radius 1 is 1.12 bits per heavy atom. The van der Waals surface area contributed by atoms with E-state index in [4.69, 9.17) is 28.4 Å². The van der Waals surface area contributed by atoms with Gasteiger partial charge in [0.1, 0.15) is 18.5 Å². The molecule has 4 aliphatic heterocycles. The molecule has 0 bridgehead atoms. The van der Waals surface area contributed by atoms with Crippen LogP contribution in [0.1, 0.15) is 25.8 Å². The van der Waals surface area contributed by atoms with Crippen molar-refractivity contribution in [1.29, 1.82) is 0 Å². The normalized spacial score (nSPS) is 23.4. The number of nitrogens with zero attached hydrogens (tertiary/aromatic N) is 2. The van der Waals surface area contributed by atoms with Gasteiger partial charge in [-0.25, -0.2) is 13.2 Å². The number of nitrogens with one attached hydrogen (secondary N) is 1. The molecule has 0 aromatic heterocycles. The van der Waals surface area contributed by atoms with Crippen LogP contribution in [0.5, 0.6) is 17.2 Å². The van der Waals surface area contributed by atoms with E-state index in [-0.39, 0.29) is 55.9 Å². The minimum absolute atomic E-state index is 0.0169. The summed E-state index contributed by atoms with van der Waals surface area (Å²) in [5.41, 5.74) is 0.824. The number of amides is 1. The topological polar surface area (TPSA) is 145 Å². The van der Waals surface area contributed by atoms with E-state index in [1.54, 1.807) is 6.07 Å². The Bertz CT molecular complexity index is 1490. The van der Waals surface area contributed by atoms with Crippen molar-refractivity contribution in [1.82, 2.24) is 14.5 Å². The van der Waals surface area contributed by atoms with Gasteiger partial charge in [-0.15, -0.1) is 11.8 Å². The van der Waals surface area contributed by atoms with Gasteiger partial charge in [0.25, 0.3) is 0 Å². The first-order chi connectivity index (χ1) is 23.2. The van der Waals surface area contributed by atoms with E-state index >= 15 is 0 Å². The van der Waals surface area contributed by atoms with Crippen LogP contribution in [-0.4, -0.2) is 118 Å². The third kappa shape index (κ3) is 8.67. The third-order valence-corrected chi connectivity index (χ3v) is 11.7. The molecular weight excluding hydrogens is 663 g/mol. The van der Waals surface area contributed by atoms with Gasteiger partial charge < -0.3 is 38.8 Å². The van der Waals surface area contributed by atoms with Crippen LogP contribution in [0, 0.1) is 11.8 Å². The van der Waals surface area contributed by atoms with E-state index in [0.29, 0.717) is 24.7 Å². The molecule has 5 unspecified atom stereocenters. The minimum Gasteiger partial charge on any atom is -0.492 e. The highest BCUT2D eigenvalue weighted by Gasteiger charge is 2.44. The van der Waals surface area contributed by atoms with E-state index in [9.17, 15) is 18.3 Å². The molecule has 4 heterocycles. The number of carbonyl (C=O) groups is 1. The predicted octanol–water partition coefficient (Wildman–Crippen LogP) is 2.91. The number of hydrogen-bond acceptors (Lipinski definition) is 12. The number of hydrogen-bond donors (Lipinski definition) is 2. The smallest absolute Gasteiger partial charge is 0.407 e. The van der Waals surface area contributed by atoms with Gasteiger partial charge in [0.15, 0.2) is 17.8 Å². The Morgan fingerprint density at radius 3 is 2.71 bits per heavy atom. The van der Waals surface area contributed by atoms with Crippen molar-refractivity contribution in [3.63, 3.8) is 0 Å². The van der Waals surface area contributed by atoms with Gasteiger partial charge in [-0.3, -0.25) is 4.90 Å². The lowest BCUT2D eigenvalue weighted by Gasteiger charge is -2.31. The minimum atomic E-state index is -4.05. The van der Waals surface area contributed by atoms with Crippen LogP contribution in [0.25, 0.3) is 0 Å². The molecular formula is C33H45N3O10S2. The second kappa shape index (κ2) is 15.8. The highest BCUT2D eigenvalue weighted by Crippen LogP contribution is 2.35. The molecule has 2 aromatic rings. The fourth-order valence-corrected chi connectivity index (χ4v) is 8.92. The second-order valence-corrected chi connectivity index (χ2v) is 15.9. The first-order valence-electron chi connectivity index (χ1n) is 16.5. The number of alkyl carbamates (subject to hydrolysis) is 1. The number of aliphatic hydroxyl groups excluding tert-OH is 1. The van der Waals surface area contributed by atoms with Crippen LogP contribution in [0.4, 0.5) is 4.79 Å². The van der Waals surface area contributed by atoms with E-state index in [1.165, 1.54) is 16.4 Å². The molecule has 6 rings (SSSR count). The molecule has 0 aliphatic carbocycles. The van der Waals surface area contributed by atoms with Crippen molar-refractivity contribution in [2.75, 3.05) is 64.4 Å². The Balaban J connectivity index is 1.16. The first kappa shape index (κ1) is 35.1. The Hall–Kier alpha value is -2.79. The Labute approximate surface area is 286 Å². The molecule has 2 N–H and O–H groups in total. The molecule has 0 saturated carbocycles. The number of carbonyl (C=O) groups excluding carboxylic acids is 1. The predicted molar refractivity (Wildman–Crippen MR) is 178 cm³/mol. The van der Waals surface area contributed by atoms with E-state index in [2.05, 4.69) is 10.2 Å². The summed E-state index contributed by atoms with van der Waals surface area (Å²) in [6.07, 6.45) is -1.91. The highest BCUT2D eigenvalue weighted by atomic mass is 32.2. The van der Waals surface area contributed by atoms with Crippen LogP contribution < -0.4 is 19.5 Å². The van der Waals surface area contributed by atoms with Crippen LogP contribution in [0.2, 0.25) is 0 Å². The standard InChI is InChI=1S/C33H45N3O10S2/c1-22(2)17-36(48(39,40)25-7-8-29-30(16-25)45-21-44-29)18-28(37)27(34-33(38)46-31-19-43-32-26(31)9-12-42-32)15-23-3-5-24(6-4-23)41-13-10-35-11-14-47-20-35/h3-8,16,22,26-28,31-32,37H,9-15,17-21H2,1-2H3,(H,34,38). The van der Waals surface area contributed by atoms with E-state index in [1.807, 2.05) is 49.9 Å². The van der Waals surface area contributed by atoms with Gasteiger partial charge in [0.2, 0.25) is 16.8 Å². The van der Waals surface area contributed by atoms with Crippen molar-refractivity contribution < 1.29 is 46.7 Å². The fourth-order valence-electron chi connectivity index (χ4n) is 6.25. The molecule has 4 aliphatic rings. The van der Waals surface area contributed by atoms with Crippen LogP contribution in [0.15, 0.2) is 47.4 Å². The van der Waals surface area contributed by atoms with Crippen molar-refractivity contribution in [3.05, 3.63) is 48.0 Å². The lowest BCUT2D eigenvalue weighted by Crippen LogP contribution is -2.51. The number of rotatable bonds is 15. The SMILES string of the molecule is CC(C)CN(CC(O)C(Cc1ccc(OCCN2CCSC2)cc1)NC(=O)OC1COC2OCCC12)S(=O)(=O)c1ccc2c(c1)OCO2. The fraction of sp³-hybridized carbons (Fsp3) is 0.606. The number of thioether (sulfide) groups is 1. The molecule has 3 saturated heterocycles. The van der Waals surface area contributed by atoms with Gasteiger partial charge in [-0.05, 0) is 48.6 Å². The molecule has 3 fully saturated rings. The zero-order valence-electron chi connectivity index (χ0n) is 27.3. The van der Waals surface area contributed by atoms with Gasteiger partial charge in [-0.2, -0.15) is 4.31 Å². The molecule has 0 spiro atoms.